The van der Waals surface area contributed by atoms with Crippen molar-refractivity contribution in [1.82, 2.24) is 20.9 Å². The Balaban J connectivity index is 1.79. The Morgan fingerprint density at radius 2 is 1.80 bits per heavy atom. The Morgan fingerprint density at radius 3 is 2.39 bits per heavy atom. The molecule has 4 N–H and O–H groups in total. The molecule has 44 heavy (non-hydrogen) atoms. The third kappa shape index (κ3) is 9.13. The highest BCUT2D eigenvalue weighted by molar-refractivity contribution is 8.18. The van der Waals surface area contributed by atoms with Crippen molar-refractivity contribution in [2.75, 3.05) is 13.7 Å². The van der Waals surface area contributed by atoms with Crippen LogP contribution in [0.1, 0.15) is 44.4 Å². The summed E-state index contributed by atoms with van der Waals surface area (Å²) in [6.07, 6.45) is 0.244. The second-order valence-electron chi connectivity index (χ2n) is 11.4. The van der Waals surface area contributed by atoms with Crippen LogP contribution in [-0.2, 0) is 25.7 Å². The van der Waals surface area contributed by atoms with Crippen LogP contribution in [0.15, 0.2) is 47.4 Å². The van der Waals surface area contributed by atoms with Gasteiger partial charge in [0.2, 0.25) is 17.7 Å². The average Bonchev–Trinajstić information content (AvgIpc) is 3.18. The molecule has 0 saturated carbocycles. The minimum Gasteiger partial charge on any atom is -0.491 e. The lowest BCUT2D eigenvalue weighted by Gasteiger charge is -2.27. The molecule has 0 spiro atoms. The van der Waals surface area contributed by atoms with E-state index in [1.807, 2.05) is 0 Å². The molecular formula is C31H37FN4O7S. The van der Waals surface area contributed by atoms with E-state index in [-0.39, 0.29) is 23.6 Å². The van der Waals surface area contributed by atoms with E-state index in [1.165, 1.54) is 26.1 Å². The largest absolute Gasteiger partial charge is 0.491 e. The Bertz CT molecular complexity index is 1470. The molecule has 5 amide bonds. The fourth-order valence-corrected chi connectivity index (χ4v) is 4.71. The lowest BCUT2D eigenvalue weighted by Crippen LogP contribution is -2.59. The summed E-state index contributed by atoms with van der Waals surface area (Å²) in [5.41, 5.74) is 0.652. The van der Waals surface area contributed by atoms with Crippen LogP contribution >= 0.6 is 11.8 Å². The summed E-state index contributed by atoms with van der Waals surface area (Å²) in [5.74, 6) is -2.65. The predicted molar refractivity (Wildman–Crippen MR) is 164 cm³/mol. The van der Waals surface area contributed by atoms with Gasteiger partial charge in [-0.1, -0.05) is 45.0 Å². The van der Waals surface area contributed by atoms with Crippen LogP contribution in [0.5, 0.6) is 5.75 Å². The average molecular weight is 629 g/mol. The number of likely N-dealkylation sites (N-methyl/N-ethyl adjacent to an activating group) is 1. The molecule has 0 aromatic heterocycles. The molecule has 3 rings (SSSR count). The fraction of sp³-hybridized carbons (Fsp3) is 0.387. The van der Waals surface area contributed by atoms with Crippen LogP contribution in [0.2, 0.25) is 0 Å². The Hall–Kier alpha value is -4.23. The SMILES string of the molecule is Cc1ccc(CNC(=O)C(COc2cccc(C=C3SC(=O)N(C)C3=O)c2)NC(=O)C(NC(=O)C(C)(C)C)C(C)O)c(F)c1. The molecule has 1 aliphatic heterocycles. The zero-order valence-electron chi connectivity index (χ0n) is 25.4. The fourth-order valence-electron chi connectivity index (χ4n) is 3.88. The molecule has 1 saturated heterocycles. The summed E-state index contributed by atoms with van der Waals surface area (Å²) in [6.45, 7) is 7.47. The number of ether oxygens (including phenoxy) is 1. The highest BCUT2D eigenvalue weighted by atomic mass is 32.2. The first kappa shape index (κ1) is 34.3. The van der Waals surface area contributed by atoms with E-state index in [4.69, 9.17) is 4.74 Å². The van der Waals surface area contributed by atoms with E-state index in [0.717, 1.165) is 16.7 Å². The number of aryl methyl sites for hydroxylation is 1. The number of aliphatic hydroxyl groups excluding tert-OH is 1. The molecule has 3 atom stereocenters. The number of carbonyl (C=O) groups excluding carboxylic acids is 5. The van der Waals surface area contributed by atoms with Crippen molar-refractivity contribution in [1.29, 1.82) is 0 Å². The molecule has 1 fully saturated rings. The van der Waals surface area contributed by atoms with Crippen LogP contribution in [0, 0.1) is 18.2 Å². The number of benzene rings is 2. The number of rotatable bonds is 11. The lowest BCUT2D eigenvalue weighted by molar-refractivity contribution is -0.137. The molecule has 0 aliphatic carbocycles. The standard InChI is InChI=1S/C31H37FN4O7S/c1-17-10-11-20(22(32)12-17)15-33-26(38)23(34-27(39)25(18(2)37)35-29(41)31(3,4)5)16-43-21-9-7-8-19(13-21)14-24-28(40)36(6)30(42)44-24/h7-14,18,23,25,37H,15-16H2,1-6H3,(H,33,38)(H,34,39)(H,35,41). The number of amides is 5. The van der Waals surface area contributed by atoms with E-state index in [1.54, 1.807) is 64.1 Å². The van der Waals surface area contributed by atoms with E-state index >= 15 is 0 Å². The van der Waals surface area contributed by atoms with Gasteiger partial charge in [-0.3, -0.25) is 28.9 Å². The first-order valence-corrected chi connectivity index (χ1v) is 14.6. The van der Waals surface area contributed by atoms with Gasteiger partial charge in [0.05, 0.1) is 11.0 Å². The number of hydrogen-bond donors (Lipinski definition) is 4. The molecule has 2 aromatic carbocycles. The number of imide groups is 1. The number of nitrogens with zero attached hydrogens (tertiary/aromatic N) is 1. The van der Waals surface area contributed by atoms with Crippen LogP contribution in [-0.4, -0.2) is 70.7 Å². The normalized spacial score (nSPS) is 16.4. The molecule has 2 aromatic rings. The van der Waals surface area contributed by atoms with Gasteiger partial charge < -0.3 is 25.8 Å². The van der Waals surface area contributed by atoms with Crippen molar-refractivity contribution < 1.29 is 38.2 Å². The summed E-state index contributed by atoms with van der Waals surface area (Å²) in [6, 6.07) is 8.43. The highest BCUT2D eigenvalue weighted by Gasteiger charge is 2.34. The second kappa shape index (κ2) is 14.5. The maximum atomic E-state index is 14.4. The molecular weight excluding hydrogens is 591 g/mol. The third-order valence-corrected chi connectivity index (χ3v) is 7.55. The summed E-state index contributed by atoms with van der Waals surface area (Å²) in [4.78, 5) is 64.4. The van der Waals surface area contributed by atoms with Crippen molar-refractivity contribution in [3.63, 3.8) is 0 Å². The first-order chi connectivity index (χ1) is 20.6. The summed E-state index contributed by atoms with van der Waals surface area (Å²) in [7, 11) is 1.39. The Labute approximate surface area is 259 Å². The van der Waals surface area contributed by atoms with Crippen molar-refractivity contribution in [3.8, 4) is 5.75 Å². The van der Waals surface area contributed by atoms with Gasteiger partial charge in [0.15, 0.2) is 0 Å². The van der Waals surface area contributed by atoms with Gasteiger partial charge in [0.25, 0.3) is 11.1 Å². The number of hydrogen-bond acceptors (Lipinski definition) is 8. The van der Waals surface area contributed by atoms with Crippen LogP contribution in [0.3, 0.4) is 0 Å². The van der Waals surface area contributed by atoms with Crippen molar-refractivity contribution in [2.45, 2.75) is 59.4 Å². The van der Waals surface area contributed by atoms with Gasteiger partial charge in [0, 0.05) is 24.6 Å². The smallest absolute Gasteiger partial charge is 0.293 e. The topological polar surface area (TPSA) is 154 Å². The maximum Gasteiger partial charge on any atom is 0.293 e. The minimum absolute atomic E-state index is 0.167. The molecule has 1 aliphatic rings. The van der Waals surface area contributed by atoms with Gasteiger partial charge in [-0.05, 0) is 61.0 Å². The van der Waals surface area contributed by atoms with Gasteiger partial charge in [-0.15, -0.1) is 0 Å². The van der Waals surface area contributed by atoms with Crippen molar-refractivity contribution in [2.24, 2.45) is 5.41 Å². The van der Waals surface area contributed by atoms with E-state index in [2.05, 4.69) is 16.0 Å². The van der Waals surface area contributed by atoms with Crippen molar-refractivity contribution >= 4 is 46.7 Å². The van der Waals surface area contributed by atoms with Crippen LogP contribution in [0.25, 0.3) is 6.08 Å². The van der Waals surface area contributed by atoms with Gasteiger partial charge in [-0.25, -0.2) is 4.39 Å². The molecule has 13 heteroatoms. The maximum absolute atomic E-state index is 14.4. The summed E-state index contributed by atoms with van der Waals surface area (Å²) in [5, 5.41) is 17.5. The van der Waals surface area contributed by atoms with Crippen LogP contribution < -0.4 is 20.7 Å². The third-order valence-electron chi connectivity index (χ3n) is 6.59. The van der Waals surface area contributed by atoms with Gasteiger partial charge in [-0.2, -0.15) is 0 Å². The lowest BCUT2D eigenvalue weighted by atomic mass is 9.94. The number of thioether (sulfide) groups is 1. The number of aliphatic hydroxyl groups is 1. The van der Waals surface area contributed by atoms with E-state index in [9.17, 15) is 33.5 Å². The first-order valence-electron chi connectivity index (χ1n) is 13.8. The highest BCUT2D eigenvalue weighted by Crippen LogP contribution is 2.31. The Morgan fingerprint density at radius 1 is 1.09 bits per heavy atom. The molecule has 11 nitrogen and oxygen atoms in total. The predicted octanol–water partition coefficient (Wildman–Crippen LogP) is 2.89. The van der Waals surface area contributed by atoms with Gasteiger partial charge >= 0.3 is 0 Å². The molecule has 0 bridgehead atoms. The van der Waals surface area contributed by atoms with Gasteiger partial charge in [0.1, 0.15) is 30.3 Å². The summed E-state index contributed by atoms with van der Waals surface area (Å²) >= 11 is 0.807. The number of carbonyl (C=O) groups is 5. The monoisotopic (exact) mass is 628 g/mol. The molecule has 1 heterocycles. The molecule has 3 unspecified atom stereocenters. The zero-order valence-corrected chi connectivity index (χ0v) is 26.2. The van der Waals surface area contributed by atoms with E-state index < -0.39 is 58.3 Å². The number of halogens is 1. The zero-order chi connectivity index (χ0) is 32.8. The molecule has 236 valence electrons. The minimum atomic E-state index is -1.37. The van der Waals surface area contributed by atoms with Crippen molar-refractivity contribution in [3.05, 3.63) is 69.9 Å². The summed E-state index contributed by atoms with van der Waals surface area (Å²) < 4.78 is 20.2. The quantitative estimate of drug-likeness (QED) is 0.277. The second-order valence-corrected chi connectivity index (χ2v) is 12.4. The van der Waals surface area contributed by atoms with E-state index in [0.29, 0.717) is 16.9 Å². The van der Waals surface area contributed by atoms with Crippen LogP contribution in [0.4, 0.5) is 9.18 Å². The molecule has 0 radical (unpaired) electrons. The number of nitrogens with one attached hydrogen (secondary N) is 3. The Kier molecular flexibility index (Phi) is 11.3.